The van der Waals surface area contributed by atoms with E-state index in [4.69, 9.17) is 13.9 Å². The van der Waals surface area contributed by atoms with Gasteiger partial charge in [0.25, 0.3) is 0 Å². The van der Waals surface area contributed by atoms with E-state index in [0.29, 0.717) is 35.7 Å². The first kappa shape index (κ1) is 13.0. The number of nitrogens with zero attached hydrogens (tertiary/aromatic N) is 1. The van der Waals surface area contributed by atoms with Crippen LogP contribution in [0.15, 0.2) is 28.8 Å². The zero-order chi connectivity index (χ0) is 13.9. The fourth-order valence-electron chi connectivity index (χ4n) is 2.12. The summed E-state index contributed by atoms with van der Waals surface area (Å²) in [6, 6.07) is 6.33. The molecular formula is C15H18N2O3. The first-order valence-electron chi connectivity index (χ1n) is 6.71. The molecule has 1 aromatic carbocycles. The number of para-hydroxylation sites is 1. The van der Waals surface area contributed by atoms with Gasteiger partial charge >= 0.3 is 0 Å². The van der Waals surface area contributed by atoms with Crippen molar-refractivity contribution in [1.29, 1.82) is 0 Å². The van der Waals surface area contributed by atoms with Gasteiger partial charge in [-0.15, -0.1) is 0 Å². The number of nitrogens with one attached hydrogen (secondary N) is 1. The van der Waals surface area contributed by atoms with Crippen molar-refractivity contribution < 1.29 is 13.9 Å². The van der Waals surface area contributed by atoms with Crippen LogP contribution in [-0.4, -0.2) is 25.2 Å². The lowest BCUT2D eigenvalue weighted by molar-refractivity contribution is 0.355. The van der Waals surface area contributed by atoms with Crippen molar-refractivity contribution in [2.75, 3.05) is 14.2 Å². The summed E-state index contributed by atoms with van der Waals surface area (Å²) < 4.78 is 16.5. The summed E-state index contributed by atoms with van der Waals surface area (Å²) in [6.07, 6.45) is 4.22. The van der Waals surface area contributed by atoms with Crippen molar-refractivity contribution in [2.45, 2.75) is 25.4 Å². The first-order chi connectivity index (χ1) is 9.81. The van der Waals surface area contributed by atoms with Crippen LogP contribution in [0.2, 0.25) is 0 Å². The van der Waals surface area contributed by atoms with Crippen LogP contribution in [-0.2, 0) is 6.54 Å². The second-order valence-corrected chi connectivity index (χ2v) is 4.81. The summed E-state index contributed by atoms with van der Waals surface area (Å²) in [6.45, 7) is 0.664. The van der Waals surface area contributed by atoms with Crippen molar-refractivity contribution >= 4 is 0 Å². The topological polar surface area (TPSA) is 56.5 Å². The maximum Gasteiger partial charge on any atom is 0.208 e. The molecule has 1 saturated carbocycles. The minimum atomic E-state index is 0.636. The predicted molar refractivity (Wildman–Crippen MR) is 74.9 cm³/mol. The van der Waals surface area contributed by atoms with Gasteiger partial charge in [-0.05, 0) is 25.0 Å². The van der Waals surface area contributed by atoms with Gasteiger partial charge in [-0.1, -0.05) is 6.07 Å². The number of hydrogen-bond donors (Lipinski definition) is 1. The molecule has 5 nitrogen and oxygen atoms in total. The lowest BCUT2D eigenvalue weighted by Gasteiger charge is -2.10. The average Bonchev–Trinajstić information content (AvgIpc) is 3.21. The van der Waals surface area contributed by atoms with Gasteiger partial charge in [-0.25, -0.2) is 4.98 Å². The molecule has 1 aliphatic rings. The van der Waals surface area contributed by atoms with E-state index >= 15 is 0 Å². The zero-order valence-electron chi connectivity index (χ0n) is 11.7. The van der Waals surface area contributed by atoms with E-state index < -0.39 is 0 Å². The molecule has 1 fully saturated rings. The second kappa shape index (κ2) is 5.54. The largest absolute Gasteiger partial charge is 0.493 e. The van der Waals surface area contributed by atoms with Gasteiger partial charge in [0.15, 0.2) is 17.3 Å². The summed E-state index contributed by atoms with van der Waals surface area (Å²) in [5, 5.41) is 3.38. The van der Waals surface area contributed by atoms with Crippen LogP contribution in [0.1, 0.15) is 18.7 Å². The van der Waals surface area contributed by atoms with Crippen molar-refractivity contribution in [3.8, 4) is 22.8 Å². The molecule has 0 saturated heterocycles. The van der Waals surface area contributed by atoms with Gasteiger partial charge in [0.05, 0.1) is 32.5 Å². The Morgan fingerprint density at radius 1 is 1.30 bits per heavy atom. The molecule has 0 radical (unpaired) electrons. The summed E-state index contributed by atoms with van der Waals surface area (Å²) in [5.41, 5.74) is 0.844. The monoisotopic (exact) mass is 274 g/mol. The van der Waals surface area contributed by atoms with Crippen LogP contribution < -0.4 is 14.8 Å². The Hall–Kier alpha value is -2.01. The Labute approximate surface area is 117 Å². The number of oxazole rings is 1. The molecular weight excluding hydrogens is 256 g/mol. The average molecular weight is 274 g/mol. The van der Waals surface area contributed by atoms with Crippen molar-refractivity contribution in [2.24, 2.45) is 0 Å². The molecule has 3 rings (SSSR count). The summed E-state index contributed by atoms with van der Waals surface area (Å²) in [5.74, 6) is 2.72. The van der Waals surface area contributed by atoms with Crippen LogP contribution in [0.4, 0.5) is 0 Å². The van der Waals surface area contributed by atoms with Crippen molar-refractivity contribution in [1.82, 2.24) is 10.3 Å². The van der Waals surface area contributed by atoms with E-state index in [9.17, 15) is 0 Å². The number of hydrogen-bond acceptors (Lipinski definition) is 5. The number of ether oxygens (including phenoxy) is 2. The standard InChI is InChI=1S/C15H18N2O3/c1-18-12-5-3-4-11(15(12)19-2)13-8-17-14(20-13)9-16-10-6-7-10/h3-5,8,10,16H,6-7,9H2,1-2H3. The first-order valence-corrected chi connectivity index (χ1v) is 6.71. The molecule has 20 heavy (non-hydrogen) atoms. The molecule has 0 bridgehead atoms. The quantitative estimate of drug-likeness (QED) is 0.877. The molecule has 1 aromatic heterocycles. The van der Waals surface area contributed by atoms with Crippen LogP contribution in [0.5, 0.6) is 11.5 Å². The number of rotatable bonds is 6. The van der Waals surface area contributed by atoms with E-state index in [2.05, 4.69) is 10.3 Å². The third kappa shape index (κ3) is 2.63. The molecule has 106 valence electrons. The molecule has 1 heterocycles. The van der Waals surface area contributed by atoms with Gasteiger partial charge in [-0.2, -0.15) is 0 Å². The third-order valence-corrected chi connectivity index (χ3v) is 3.34. The molecule has 0 spiro atoms. The van der Waals surface area contributed by atoms with E-state index in [1.807, 2.05) is 18.2 Å². The highest BCUT2D eigenvalue weighted by molar-refractivity contribution is 5.69. The lowest BCUT2D eigenvalue weighted by Crippen LogP contribution is -2.15. The maximum atomic E-state index is 5.78. The van der Waals surface area contributed by atoms with E-state index in [1.54, 1.807) is 20.4 Å². The second-order valence-electron chi connectivity index (χ2n) is 4.81. The highest BCUT2D eigenvalue weighted by Crippen LogP contribution is 2.37. The molecule has 2 aromatic rings. The Balaban J connectivity index is 1.84. The van der Waals surface area contributed by atoms with Crippen molar-refractivity contribution in [3.63, 3.8) is 0 Å². The fourth-order valence-corrected chi connectivity index (χ4v) is 2.12. The van der Waals surface area contributed by atoms with E-state index in [0.717, 1.165) is 5.56 Å². The lowest BCUT2D eigenvalue weighted by atomic mass is 10.1. The van der Waals surface area contributed by atoms with Gasteiger partial charge in [0.2, 0.25) is 5.89 Å². The molecule has 0 unspecified atom stereocenters. The number of methoxy groups -OCH3 is 2. The van der Waals surface area contributed by atoms with E-state index in [1.165, 1.54) is 12.8 Å². The van der Waals surface area contributed by atoms with Gasteiger partial charge in [0, 0.05) is 6.04 Å². The molecule has 1 N–H and O–H groups in total. The van der Waals surface area contributed by atoms with Gasteiger partial charge < -0.3 is 19.2 Å². The van der Waals surface area contributed by atoms with Crippen LogP contribution >= 0.6 is 0 Å². The highest BCUT2D eigenvalue weighted by Gasteiger charge is 2.21. The van der Waals surface area contributed by atoms with E-state index in [-0.39, 0.29) is 0 Å². The Bertz CT molecular complexity index is 591. The maximum absolute atomic E-state index is 5.78. The van der Waals surface area contributed by atoms with Crippen LogP contribution in [0.25, 0.3) is 11.3 Å². The molecule has 0 aliphatic heterocycles. The summed E-state index contributed by atoms with van der Waals surface area (Å²) >= 11 is 0. The van der Waals surface area contributed by atoms with Crippen molar-refractivity contribution in [3.05, 3.63) is 30.3 Å². The third-order valence-electron chi connectivity index (χ3n) is 3.34. The number of aromatic nitrogens is 1. The minimum absolute atomic E-state index is 0.636. The minimum Gasteiger partial charge on any atom is -0.493 e. The summed E-state index contributed by atoms with van der Waals surface area (Å²) in [4.78, 5) is 4.30. The SMILES string of the molecule is COc1cccc(-c2cnc(CNC3CC3)o2)c1OC. The number of benzene rings is 1. The molecule has 0 amide bonds. The Morgan fingerprint density at radius 3 is 2.85 bits per heavy atom. The highest BCUT2D eigenvalue weighted by atomic mass is 16.5. The van der Waals surface area contributed by atoms with Crippen LogP contribution in [0, 0.1) is 0 Å². The zero-order valence-corrected chi connectivity index (χ0v) is 11.7. The predicted octanol–water partition coefficient (Wildman–Crippen LogP) is 2.61. The molecule has 5 heteroatoms. The Morgan fingerprint density at radius 2 is 2.15 bits per heavy atom. The van der Waals surface area contributed by atoms with Crippen LogP contribution in [0.3, 0.4) is 0 Å². The van der Waals surface area contributed by atoms with Gasteiger partial charge in [-0.3, -0.25) is 0 Å². The van der Waals surface area contributed by atoms with Gasteiger partial charge in [0.1, 0.15) is 0 Å². The normalized spacial score (nSPS) is 14.3. The smallest absolute Gasteiger partial charge is 0.208 e. The molecule has 1 aliphatic carbocycles. The fraction of sp³-hybridized carbons (Fsp3) is 0.400. The molecule has 0 atom stereocenters. The Kier molecular flexibility index (Phi) is 3.60. The summed E-state index contributed by atoms with van der Waals surface area (Å²) in [7, 11) is 3.24.